The van der Waals surface area contributed by atoms with E-state index in [0.717, 1.165) is 12.0 Å². The highest BCUT2D eigenvalue weighted by Crippen LogP contribution is 2.40. The number of hydrogen-bond donors (Lipinski definition) is 2. The van der Waals surface area contributed by atoms with E-state index in [-0.39, 0.29) is 12.3 Å². The van der Waals surface area contributed by atoms with Crippen LogP contribution < -0.4 is 5.32 Å². The van der Waals surface area contributed by atoms with Gasteiger partial charge >= 0.3 is 5.97 Å². The number of rotatable bonds is 4. The number of hydrogen-bond acceptors (Lipinski definition) is 2. The van der Waals surface area contributed by atoms with Crippen molar-refractivity contribution in [2.24, 2.45) is 0 Å². The summed E-state index contributed by atoms with van der Waals surface area (Å²) in [7, 11) is 0. The molecule has 18 heavy (non-hydrogen) atoms. The first-order chi connectivity index (χ1) is 8.60. The third kappa shape index (κ3) is 1.98. The monoisotopic (exact) mass is 247 g/mol. The van der Waals surface area contributed by atoms with Crippen molar-refractivity contribution in [2.75, 3.05) is 0 Å². The average molecular weight is 247 g/mol. The van der Waals surface area contributed by atoms with E-state index in [1.807, 2.05) is 37.3 Å². The molecular weight excluding hydrogens is 230 g/mol. The molecule has 0 saturated carbocycles. The first-order valence-electron chi connectivity index (χ1n) is 6.18. The lowest BCUT2D eigenvalue weighted by atomic mass is 9.71. The van der Waals surface area contributed by atoms with Gasteiger partial charge in [-0.1, -0.05) is 43.7 Å². The van der Waals surface area contributed by atoms with E-state index in [1.54, 1.807) is 0 Å². The highest BCUT2D eigenvalue weighted by atomic mass is 16.4. The van der Waals surface area contributed by atoms with Gasteiger partial charge in [0.15, 0.2) is 0 Å². The molecule has 4 heteroatoms. The number of amides is 1. The molecule has 1 amide bonds. The lowest BCUT2D eigenvalue weighted by molar-refractivity contribution is -0.141. The van der Waals surface area contributed by atoms with Gasteiger partial charge in [0, 0.05) is 11.8 Å². The maximum Gasteiger partial charge on any atom is 0.327 e. The molecule has 2 rings (SSSR count). The van der Waals surface area contributed by atoms with Crippen molar-refractivity contribution in [1.29, 1.82) is 0 Å². The SMILES string of the molecule is CCCC1(c2ccccc2)CC(=O)NC1C(=O)O. The number of carbonyl (C=O) groups is 2. The third-order valence-corrected chi connectivity index (χ3v) is 3.63. The Bertz CT molecular complexity index is 457. The zero-order chi connectivity index (χ0) is 13.2. The van der Waals surface area contributed by atoms with Gasteiger partial charge in [-0.15, -0.1) is 0 Å². The van der Waals surface area contributed by atoms with Crippen LogP contribution in [-0.2, 0) is 15.0 Å². The van der Waals surface area contributed by atoms with Gasteiger partial charge in [0.1, 0.15) is 6.04 Å². The van der Waals surface area contributed by atoms with Crippen molar-refractivity contribution >= 4 is 11.9 Å². The Balaban J connectivity index is 2.49. The summed E-state index contributed by atoms with van der Waals surface area (Å²) in [6, 6.07) is 8.65. The zero-order valence-electron chi connectivity index (χ0n) is 10.3. The number of carbonyl (C=O) groups excluding carboxylic acids is 1. The molecule has 0 radical (unpaired) electrons. The number of aliphatic carboxylic acids is 1. The first-order valence-corrected chi connectivity index (χ1v) is 6.18. The maximum absolute atomic E-state index is 11.6. The first kappa shape index (κ1) is 12.6. The zero-order valence-corrected chi connectivity index (χ0v) is 10.3. The van der Waals surface area contributed by atoms with Crippen molar-refractivity contribution in [3.05, 3.63) is 35.9 Å². The fourth-order valence-corrected chi connectivity index (χ4v) is 2.90. The third-order valence-electron chi connectivity index (χ3n) is 3.63. The summed E-state index contributed by atoms with van der Waals surface area (Å²) in [4.78, 5) is 23.0. The van der Waals surface area contributed by atoms with E-state index in [2.05, 4.69) is 5.32 Å². The Morgan fingerprint density at radius 1 is 1.44 bits per heavy atom. The molecule has 2 unspecified atom stereocenters. The topological polar surface area (TPSA) is 66.4 Å². The summed E-state index contributed by atoms with van der Waals surface area (Å²) in [5.41, 5.74) is 0.316. The second kappa shape index (κ2) is 4.80. The van der Waals surface area contributed by atoms with Gasteiger partial charge in [-0.3, -0.25) is 4.79 Å². The van der Waals surface area contributed by atoms with Crippen LogP contribution >= 0.6 is 0 Å². The summed E-state index contributed by atoms with van der Waals surface area (Å²) in [6.45, 7) is 2.01. The van der Waals surface area contributed by atoms with E-state index >= 15 is 0 Å². The van der Waals surface area contributed by atoms with Gasteiger partial charge < -0.3 is 10.4 Å². The number of benzene rings is 1. The Labute approximate surface area is 106 Å². The lowest BCUT2D eigenvalue weighted by Gasteiger charge is -2.32. The minimum absolute atomic E-state index is 0.181. The standard InChI is InChI=1S/C14H17NO3/c1-2-8-14(10-6-4-3-5-7-10)9-11(16)15-12(14)13(17)18/h3-7,12H,2,8-9H2,1H3,(H,15,16)(H,17,18). The van der Waals surface area contributed by atoms with Crippen LogP contribution in [0.15, 0.2) is 30.3 Å². The van der Waals surface area contributed by atoms with Gasteiger partial charge in [-0.05, 0) is 12.0 Å². The molecule has 1 aliphatic heterocycles. The van der Waals surface area contributed by atoms with Gasteiger partial charge in [-0.25, -0.2) is 4.79 Å². The fraction of sp³-hybridized carbons (Fsp3) is 0.429. The molecule has 2 atom stereocenters. The van der Waals surface area contributed by atoms with E-state index in [1.165, 1.54) is 0 Å². The summed E-state index contributed by atoms with van der Waals surface area (Å²) < 4.78 is 0. The quantitative estimate of drug-likeness (QED) is 0.851. The van der Waals surface area contributed by atoms with Crippen molar-refractivity contribution < 1.29 is 14.7 Å². The van der Waals surface area contributed by atoms with Crippen LogP contribution in [0.5, 0.6) is 0 Å². The van der Waals surface area contributed by atoms with Crippen molar-refractivity contribution in [2.45, 2.75) is 37.6 Å². The average Bonchev–Trinajstić information content (AvgIpc) is 2.69. The molecule has 0 bridgehead atoms. The molecule has 1 fully saturated rings. The minimum Gasteiger partial charge on any atom is -0.480 e. The fourth-order valence-electron chi connectivity index (χ4n) is 2.90. The lowest BCUT2D eigenvalue weighted by Crippen LogP contribution is -2.46. The molecular formula is C14H17NO3. The maximum atomic E-state index is 11.6. The summed E-state index contributed by atoms with van der Waals surface area (Å²) in [5.74, 6) is -1.14. The summed E-state index contributed by atoms with van der Waals surface area (Å²) in [6.07, 6.45) is 1.78. The molecule has 96 valence electrons. The highest BCUT2D eigenvalue weighted by Gasteiger charge is 2.51. The number of nitrogens with one attached hydrogen (secondary N) is 1. The van der Waals surface area contributed by atoms with Crippen LogP contribution in [-0.4, -0.2) is 23.0 Å². The van der Waals surface area contributed by atoms with E-state index in [9.17, 15) is 14.7 Å². The molecule has 1 aliphatic rings. The minimum atomic E-state index is -0.960. The molecule has 1 aromatic carbocycles. The highest BCUT2D eigenvalue weighted by molar-refractivity contribution is 5.91. The summed E-state index contributed by atoms with van der Waals surface area (Å²) >= 11 is 0. The van der Waals surface area contributed by atoms with Crippen LogP contribution in [0.2, 0.25) is 0 Å². The van der Waals surface area contributed by atoms with Gasteiger partial charge in [0.2, 0.25) is 5.91 Å². The van der Waals surface area contributed by atoms with E-state index in [4.69, 9.17) is 0 Å². The predicted octanol–water partition coefficient (Wildman–Crippen LogP) is 1.70. The molecule has 2 N–H and O–H groups in total. The Morgan fingerprint density at radius 3 is 2.67 bits per heavy atom. The van der Waals surface area contributed by atoms with Crippen molar-refractivity contribution in [3.63, 3.8) is 0 Å². The molecule has 1 heterocycles. The molecule has 0 aromatic heterocycles. The molecule has 4 nitrogen and oxygen atoms in total. The van der Waals surface area contributed by atoms with Crippen molar-refractivity contribution in [1.82, 2.24) is 5.32 Å². The van der Waals surface area contributed by atoms with Crippen LogP contribution in [0.4, 0.5) is 0 Å². The largest absolute Gasteiger partial charge is 0.480 e. The molecule has 1 saturated heterocycles. The van der Waals surface area contributed by atoms with Gasteiger partial charge in [0.05, 0.1) is 0 Å². The molecule has 1 aromatic rings. The Morgan fingerprint density at radius 2 is 2.11 bits per heavy atom. The second-order valence-electron chi connectivity index (χ2n) is 4.79. The second-order valence-corrected chi connectivity index (χ2v) is 4.79. The van der Waals surface area contributed by atoms with E-state index < -0.39 is 17.4 Å². The Kier molecular flexibility index (Phi) is 3.36. The normalized spacial score (nSPS) is 26.9. The molecule has 0 spiro atoms. The number of carboxylic acids is 1. The summed E-state index contributed by atoms with van der Waals surface area (Å²) in [5, 5.41) is 11.9. The van der Waals surface area contributed by atoms with Crippen LogP contribution in [0, 0.1) is 0 Å². The van der Waals surface area contributed by atoms with E-state index in [0.29, 0.717) is 6.42 Å². The molecule has 0 aliphatic carbocycles. The number of carboxylic acid groups (broad SMARTS) is 1. The van der Waals surface area contributed by atoms with Crippen molar-refractivity contribution in [3.8, 4) is 0 Å². The van der Waals surface area contributed by atoms with Gasteiger partial charge in [-0.2, -0.15) is 0 Å². The van der Waals surface area contributed by atoms with Gasteiger partial charge in [0.25, 0.3) is 0 Å². The Hall–Kier alpha value is -1.84. The van der Waals surface area contributed by atoms with Crippen LogP contribution in [0.25, 0.3) is 0 Å². The smallest absolute Gasteiger partial charge is 0.327 e. The predicted molar refractivity (Wildman–Crippen MR) is 67.2 cm³/mol. The van der Waals surface area contributed by atoms with Crippen LogP contribution in [0.3, 0.4) is 0 Å². The van der Waals surface area contributed by atoms with Crippen LogP contribution in [0.1, 0.15) is 31.7 Å².